The first kappa shape index (κ1) is 7.31. The van der Waals surface area contributed by atoms with Gasteiger partial charge in [-0.2, -0.15) is 0 Å². The van der Waals surface area contributed by atoms with Gasteiger partial charge in [-0.25, -0.2) is 0 Å². The molecular weight excluding hydrogens is 170 g/mol. The van der Waals surface area contributed by atoms with Crippen LogP contribution < -0.4 is 0 Å². The summed E-state index contributed by atoms with van der Waals surface area (Å²) in [6.45, 7) is 0. The number of H-pyrrole nitrogens is 1. The van der Waals surface area contributed by atoms with Crippen LogP contribution in [0.3, 0.4) is 0 Å². The summed E-state index contributed by atoms with van der Waals surface area (Å²) in [5, 5.41) is 10.2. The van der Waals surface area contributed by atoms with Gasteiger partial charge in [-0.15, -0.1) is 0 Å². The molecule has 0 fully saturated rings. The predicted molar refractivity (Wildman–Crippen MR) is 50.8 cm³/mol. The van der Waals surface area contributed by atoms with Gasteiger partial charge < -0.3 is 10.1 Å². The molecule has 2 nitrogen and oxygen atoms in total. The number of hydrogen-bond acceptors (Lipinski definition) is 2. The van der Waals surface area contributed by atoms with E-state index in [-0.39, 0.29) is 5.75 Å². The summed E-state index contributed by atoms with van der Waals surface area (Å²) < 4.78 is 0.504. The predicted octanol–water partition coefficient (Wildman–Crippen LogP) is 2.60. The minimum Gasteiger partial charge on any atom is -0.505 e. The highest BCUT2D eigenvalue weighted by Crippen LogP contribution is 2.19. The Bertz CT molecular complexity index is 475. The third kappa shape index (κ3) is 0.987. The molecule has 0 amide bonds. The summed E-state index contributed by atoms with van der Waals surface area (Å²) in [5.41, 5.74) is 0.945. The average Bonchev–Trinajstić information content (AvgIpc) is 2.12. The van der Waals surface area contributed by atoms with Crippen molar-refractivity contribution in [1.82, 2.24) is 4.98 Å². The van der Waals surface area contributed by atoms with E-state index in [1.807, 2.05) is 24.3 Å². The van der Waals surface area contributed by atoms with E-state index in [2.05, 4.69) is 4.98 Å². The molecule has 0 unspecified atom stereocenters. The van der Waals surface area contributed by atoms with Crippen LogP contribution in [0.4, 0.5) is 0 Å². The number of rotatable bonds is 0. The number of aromatic amines is 1. The van der Waals surface area contributed by atoms with Crippen molar-refractivity contribution < 1.29 is 5.11 Å². The smallest absolute Gasteiger partial charge is 0.150 e. The molecule has 0 saturated heterocycles. The lowest BCUT2D eigenvalue weighted by Gasteiger charge is -1.98. The van der Waals surface area contributed by atoms with Crippen LogP contribution in [-0.2, 0) is 0 Å². The van der Waals surface area contributed by atoms with Gasteiger partial charge in [-0.1, -0.05) is 30.4 Å². The number of aromatic nitrogens is 1. The molecule has 0 aliphatic carbocycles. The zero-order valence-electron chi connectivity index (χ0n) is 6.24. The Morgan fingerprint density at radius 1 is 1.25 bits per heavy atom. The second kappa shape index (κ2) is 2.60. The molecule has 3 heteroatoms. The van der Waals surface area contributed by atoms with E-state index in [1.165, 1.54) is 6.20 Å². The number of hydrogen-bond donors (Lipinski definition) is 2. The fourth-order valence-electron chi connectivity index (χ4n) is 1.16. The molecule has 1 aromatic heterocycles. The standard InChI is InChI=1S/C9H7NOS/c11-8-5-10-7-4-2-1-3-6(7)9(8)12/h1-5,11H,(H,10,12). The topological polar surface area (TPSA) is 36.0 Å². The number of para-hydroxylation sites is 1. The second-order valence-electron chi connectivity index (χ2n) is 2.55. The third-order valence-corrected chi connectivity index (χ3v) is 2.20. The monoisotopic (exact) mass is 177 g/mol. The average molecular weight is 177 g/mol. The molecule has 0 atom stereocenters. The van der Waals surface area contributed by atoms with Crippen molar-refractivity contribution in [2.45, 2.75) is 0 Å². The minimum atomic E-state index is 0.128. The molecular formula is C9H7NOS. The van der Waals surface area contributed by atoms with Gasteiger partial charge in [0.25, 0.3) is 0 Å². The van der Waals surface area contributed by atoms with Crippen LogP contribution in [0, 0.1) is 4.51 Å². The molecule has 1 aromatic carbocycles. The van der Waals surface area contributed by atoms with E-state index < -0.39 is 0 Å². The van der Waals surface area contributed by atoms with E-state index in [9.17, 15) is 5.11 Å². The molecule has 60 valence electrons. The highest BCUT2D eigenvalue weighted by Gasteiger charge is 1.97. The molecule has 0 aliphatic heterocycles. The quantitative estimate of drug-likeness (QED) is 0.607. The number of pyridine rings is 1. The minimum absolute atomic E-state index is 0.128. The Balaban J connectivity index is 3.01. The van der Waals surface area contributed by atoms with Crippen LogP contribution in [-0.4, -0.2) is 10.1 Å². The maximum absolute atomic E-state index is 9.28. The molecule has 0 aliphatic rings. The van der Waals surface area contributed by atoms with Crippen molar-refractivity contribution in [3.8, 4) is 5.75 Å². The Hall–Kier alpha value is -1.35. The summed E-state index contributed by atoms with van der Waals surface area (Å²) in [6.07, 6.45) is 1.50. The van der Waals surface area contributed by atoms with E-state index in [0.29, 0.717) is 4.51 Å². The van der Waals surface area contributed by atoms with Crippen LogP contribution in [0.5, 0.6) is 5.75 Å². The largest absolute Gasteiger partial charge is 0.505 e. The Labute approximate surface area is 74.5 Å². The van der Waals surface area contributed by atoms with Gasteiger partial charge in [0, 0.05) is 17.1 Å². The number of benzene rings is 1. The molecule has 0 saturated carbocycles. The highest BCUT2D eigenvalue weighted by molar-refractivity contribution is 7.71. The summed E-state index contributed by atoms with van der Waals surface area (Å²) in [5.74, 6) is 0.128. The van der Waals surface area contributed by atoms with E-state index in [4.69, 9.17) is 12.2 Å². The van der Waals surface area contributed by atoms with E-state index in [1.54, 1.807) is 0 Å². The van der Waals surface area contributed by atoms with Gasteiger partial charge in [0.05, 0.1) is 4.51 Å². The first-order valence-electron chi connectivity index (χ1n) is 3.58. The molecule has 2 N–H and O–H groups in total. The van der Waals surface area contributed by atoms with Crippen molar-refractivity contribution in [3.05, 3.63) is 35.0 Å². The zero-order valence-corrected chi connectivity index (χ0v) is 7.06. The molecule has 0 radical (unpaired) electrons. The van der Waals surface area contributed by atoms with Gasteiger partial charge in [0.2, 0.25) is 0 Å². The van der Waals surface area contributed by atoms with Crippen LogP contribution in [0.25, 0.3) is 10.9 Å². The van der Waals surface area contributed by atoms with Crippen molar-refractivity contribution in [2.24, 2.45) is 0 Å². The Morgan fingerprint density at radius 2 is 2.00 bits per heavy atom. The lowest BCUT2D eigenvalue weighted by Crippen LogP contribution is -1.78. The number of fused-ring (bicyclic) bond motifs is 1. The van der Waals surface area contributed by atoms with Gasteiger partial charge >= 0.3 is 0 Å². The maximum Gasteiger partial charge on any atom is 0.150 e. The van der Waals surface area contributed by atoms with Crippen LogP contribution >= 0.6 is 12.2 Å². The van der Waals surface area contributed by atoms with Gasteiger partial charge in [0.15, 0.2) is 0 Å². The van der Waals surface area contributed by atoms with Crippen molar-refractivity contribution >= 4 is 23.1 Å². The van der Waals surface area contributed by atoms with Crippen LogP contribution in [0.15, 0.2) is 30.5 Å². The molecule has 0 spiro atoms. The maximum atomic E-state index is 9.28. The molecule has 0 bridgehead atoms. The lowest BCUT2D eigenvalue weighted by atomic mass is 10.2. The molecule has 2 rings (SSSR count). The van der Waals surface area contributed by atoms with Gasteiger partial charge in [0.1, 0.15) is 5.75 Å². The van der Waals surface area contributed by atoms with Gasteiger partial charge in [-0.05, 0) is 6.07 Å². The number of aromatic hydroxyl groups is 1. The first-order valence-corrected chi connectivity index (χ1v) is 3.99. The van der Waals surface area contributed by atoms with Crippen molar-refractivity contribution in [3.63, 3.8) is 0 Å². The SMILES string of the molecule is Oc1c[nH]c2ccccc2c1=S. The third-order valence-electron chi connectivity index (χ3n) is 1.77. The van der Waals surface area contributed by atoms with Gasteiger partial charge in [-0.3, -0.25) is 0 Å². The fourth-order valence-corrected chi connectivity index (χ4v) is 1.39. The summed E-state index contributed by atoms with van der Waals surface area (Å²) in [4.78, 5) is 2.94. The van der Waals surface area contributed by atoms with Crippen molar-refractivity contribution in [2.75, 3.05) is 0 Å². The zero-order chi connectivity index (χ0) is 8.55. The van der Waals surface area contributed by atoms with Crippen LogP contribution in [0.1, 0.15) is 0 Å². The van der Waals surface area contributed by atoms with Crippen LogP contribution in [0.2, 0.25) is 0 Å². The first-order chi connectivity index (χ1) is 5.79. The van der Waals surface area contributed by atoms with E-state index >= 15 is 0 Å². The second-order valence-corrected chi connectivity index (χ2v) is 2.96. The summed E-state index contributed by atoms with van der Waals surface area (Å²) in [7, 11) is 0. The normalized spacial score (nSPS) is 10.3. The summed E-state index contributed by atoms with van der Waals surface area (Å²) in [6, 6.07) is 7.62. The summed E-state index contributed by atoms with van der Waals surface area (Å²) >= 11 is 5.02. The Morgan fingerprint density at radius 3 is 2.83 bits per heavy atom. The molecule has 1 heterocycles. The van der Waals surface area contributed by atoms with Crippen molar-refractivity contribution in [1.29, 1.82) is 0 Å². The fraction of sp³-hybridized carbons (Fsp3) is 0. The highest BCUT2D eigenvalue weighted by atomic mass is 32.1. The molecule has 12 heavy (non-hydrogen) atoms. The lowest BCUT2D eigenvalue weighted by molar-refractivity contribution is 0.472. The molecule has 2 aromatic rings. The Kier molecular flexibility index (Phi) is 1.59. The van der Waals surface area contributed by atoms with E-state index in [0.717, 1.165) is 10.9 Å². The number of nitrogens with one attached hydrogen (secondary N) is 1.